The molecule has 0 aromatic heterocycles. The number of ketones is 1. The minimum atomic E-state index is -0.654. The van der Waals surface area contributed by atoms with Crippen molar-refractivity contribution < 1.29 is 9.69 Å². The highest BCUT2D eigenvalue weighted by Gasteiger charge is 1.97. The van der Waals surface area contributed by atoms with Crippen molar-refractivity contribution in [2.75, 3.05) is 0 Å². The highest BCUT2D eigenvalue weighted by molar-refractivity contribution is 7.56. The molecule has 0 aliphatic carbocycles. The van der Waals surface area contributed by atoms with Gasteiger partial charge in [0, 0.05) is 6.92 Å². The molecule has 7 heavy (non-hydrogen) atoms. The van der Waals surface area contributed by atoms with Crippen LogP contribution >= 0.6 is 8.81 Å². The first kappa shape index (κ1) is 6.73. The van der Waals surface area contributed by atoms with Gasteiger partial charge in [0.1, 0.15) is 5.45 Å². The maximum absolute atomic E-state index is 10.00. The van der Waals surface area contributed by atoms with Gasteiger partial charge in [0.25, 0.3) is 0 Å². The Labute approximate surface area is 43.1 Å². The van der Waals surface area contributed by atoms with Crippen LogP contribution in [0.2, 0.25) is 0 Å². The second-order valence-electron chi connectivity index (χ2n) is 1.04. The maximum Gasteiger partial charge on any atom is 0.179 e. The summed E-state index contributed by atoms with van der Waals surface area (Å²) in [7, 11) is -0.654. The van der Waals surface area contributed by atoms with Crippen LogP contribution in [0.3, 0.4) is 0 Å². The molecule has 3 nitrogen and oxygen atoms in total. The molecule has 0 aliphatic heterocycles. The van der Waals surface area contributed by atoms with Gasteiger partial charge in [-0.2, -0.15) is 0 Å². The van der Waals surface area contributed by atoms with Gasteiger partial charge in [0.15, 0.2) is 5.78 Å². The van der Waals surface area contributed by atoms with E-state index in [-0.39, 0.29) is 11.2 Å². The Bertz CT molecular complexity index is 101. The fourth-order valence-electron chi connectivity index (χ4n) is 0.0787. The van der Waals surface area contributed by atoms with E-state index in [0.29, 0.717) is 0 Å². The number of hydrogen-bond acceptors (Lipinski definition) is 3. The first-order chi connectivity index (χ1) is 3.18. The first-order valence-corrected chi connectivity index (χ1v) is 2.62. The molecular formula is C3H6NO2P. The third-order valence-electron chi connectivity index (χ3n) is 0.464. The van der Waals surface area contributed by atoms with Crippen LogP contribution < -0.4 is 0 Å². The predicted octanol–water partition coefficient (Wildman–Crippen LogP) is 0.138. The Balaban J connectivity index is 3.58. The normalized spacial score (nSPS) is 10.0. The molecule has 0 fully saturated rings. The maximum atomic E-state index is 10.00. The number of hydrogen-bond donors (Lipinski definition) is 2. The Morgan fingerprint density at radius 3 is 2.29 bits per heavy atom. The van der Waals surface area contributed by atoms with Crippen molar-refractivity contribution in [2.45, 2.75) is 6.92 Å². The Morgan fingerprint density at radius 1 is 1.86 bits per heavy atom. The van der Waals surface area contributed by atoms with Crippen LogP contribution in [0.15, 0.2) is 0 Å². The van der Waals surface area contributed by atoms with Crippen molar-refractivity contribution in [3.63, 3.8) is 0 Å². The van der Waals surface area contributed by atoms with E-state index in [1.165, 1.54) is 6.92 Å². The molecule has 2 N–H and O–H groups in total. The SMILES string of the molecule is CC(=O)C(=N)PO. The summed E-state index contributed by atoms with van der Waals surface area (Å²) in [5.74, 6) is -0.360. The van der Waals surface area contributed by atoms with Crippen LogP contribution in [0, 0.1) is 5.41 Å². The molecule has 0 radical (unpaired) electrons. The quantitative estimate of drug-likeness (QED) is 0.401. The van der Waals surface area contributed by atoms with Crippen LogP contribution in [0.25, 0.3) is 0 Å². The zero-order valence-electron chi connectivity index (χ0n) is 3.86. The lowest BCUT2D eigenvalue weighted by Gasteiger charge is -1.85. The lowest BCUT2D eigenvalue weighted by atomic mass is 10.5. The summed E-state index contributed by atoms with van der Waals surface area (Å²) in [6.07, 6.45) is 0. The molecule has 0 saturated heterocycles. The monoisotopic (exact) mass is 119 g/mol. The topological polar surface area (TPSA) is 61.2 Å². The Hall–Kier alpha value is -0.270. The lowest BCUT2D eigenvalue weighted by Crippen LogP contribution is -1.99. The second kappa shape index (κ2) is 2.83. The average Bonchev–Trinajstić information content (AvgIpc) is 1.65. The van der Waals surface area contributed by atoms with E-state index in [2.05, 4.69) is 0 Å². The molecule has 0 saturated carbocycles. The molecule has 0 aliphatic rings. The van der Waals surface area contributed by atoms with Gasteiger partial charge in [-0.15, -0.1) is 0 Å². The lowest BCUT2D eigenvalue weighted by molar-refractivity contribution is -0.110. The van der Waals surface area contributed by atoms with Gasteiger partial charge in [-0.25, -0.2) is 0 Å². The Kier molecular flexibility index (Phi) is 2.72. The van der Waals surface area contributed by atoms with E-state index < -0.39 is 8.81 Å². The molecule has 40 valence electrons. The zero-order chi connectivity index (χ0) is 5.86. The van der Waals surface area contributed by atoms with E-state index >= 15 is 0 Å². The smallest absolute Gasteiger partial charge is 0.179 e. The van der Waals surface area contributed by atoms with Crippen molar-refractivity contribution in [1.29, 1.82) is 5.41 Å². The summed E-state index contributed by atoms with van der Waals surface area (Å²) >= 11 is 0. The summed E-state index contributed by atoms with van der Waals surface area (Å²) in [4.78, 5) is 18.1. The molecule has 1 atom stereocenters. The van der Waals surface area contributed by atoms with Crippen LogP contribution in [-0.4, -0.2) is 16.1 Å². The third-order valence-corrected chi connectivity index (χ3v) is 1.04. The predicted molar refractivity (Wildman–Crippen MR) is 28.9 cm³/mol. The number of rotatable bonds is 2. The van der Waals surface area contributed by atoms with Crippen molar-refractivity contribution in [3.8, 4) is 0 Å². The number of Topliss-reactive ketones (excluding diaryl/α,β-unsaturated/α-hetero) is 1. The molecule has 1 unspecified atom stereocenters. The van der Waals surface area contributed by atoms with E-state index in [0.717, 1.165) is 0 Å². The van der Waals surface area contributed by atoms with Crippen LogP contribution in [0.4, 0.5) is 0 Å². The second-order valence-corrected chi connectivity index (χ2v) is 1.77. The molecule has 0 bridgehead atoms. The van der Waals surface area contributed by atoms with Crippen molar-refractivity contribution in [1.82, 2.24) is 0 Å². The van der Waals surface area contributed by atoms with E-state index in [1.807, 2.05) is 0 Å². The van der Waals surface area contributed by atoms with Crippen LogP contribution in [0.5, 0.6) is 0 Å². The van der Waals surface area contributed by atoms with E-state index in [1.54, 1.807) is 0 Å². The van der Waals surface area contributed by atoms with Gasteiger partial charge in [-0.05, 0) is 0 Å². The van der Waals surface area contributed by atoms with E-state index in [4.69, 9.17) is 10.3 Å². The van der Waals surface area contributed by atoms with Crippen LogP contribution in [0.1, 0.15) is 6.92 Å². The average molecular weight is 119 g/mol. The first-order valence-electron chi connectivity index (χ1n) is 1.68. The van der Waals surface area contributed by atoms with Crippen molar-refractivity contribution in [2.24, 2.45) is 0 Å². The van der Waals surface area contributed by atoms with Gasteiger partial charge in [-0.3, -0.25) is 10.2 Å². The molecule has 0 amide bonds. The fourth-order valence-corrected chi connectivity index (χ4v) is 0.236. The summed E-state index contributed by atoms with van der Waals surface area (Å²) in [5.41, 5.74) is -0.208. The minimum absolute atomic E-state index is 0.208. The van der Waals surface area contributed by atoms with Gasteiger partial charge in [0.2, 0.25) is 0 Å². The van der Waals surface area contributed by atoms with Gasteiger partial charge < -0.3 is 4.89 Å². The fraction of sp³-hybridized carbons (Fsp3) is 0.333. The Morgan fingerprint density at radius 2 is 2.29 bits per heavy atom. The van der Waals surface area contributed by atoms with Crippen molar-refractivity contribution in [3.05, 3.63) is 0 Å². The van der Waals surface area contributed by atoms with Gasteiger partial charge in [-0.1, -0.05) is 0 Å². The molecule has 0 aromatic rings. The largest absolute Gasteiger partial charge is 0.371 e. The number of nitrogens with one attached hydrogen (secondary N) is 1. The third kappa shape index (κ3) is 2.43. The molecular weight excluding hydrogens is 113 g/mol. The minimum Gasteiger partial charge on any atom is -0.371 e. The van der Waals surface area contributed by atoms with E-state index in [9.17, 15) is 4.79 Å². The summed E-state index contributed by atoms with van der Waals surface area (Å²) in [6, 6.07) is 0. The van der Waals surface area contributed by atoms with Crippen LogP contribution in [-0.2, 0) is 4.79 Å². The van der Waals surface area contributed by atoms with Crippen molar-refractivity contribution >= 4 is 20.0 Å². The summed E-state index contributed by atoms with van der Waals surface area (Å²) in [5, 5.41) is 6.60. The molecule has 4 heteroatoms. The molecule has 0 rings (SSSR count). The summed E-state index contributed by atoms with van der Waals surface area (Å²) < 4.78 is 0. The highest BCUT2D eigenvalue weighted by atomic mass is 31.1. The molecule has 0 aromatic carbocycles. The summed E-state index contributed by atoms with van der Waals surface area (Å²) in [6.45, 7) is 1.26. The number of carbonyl (C=O) groups is 1. The standard InChI is InChI=1S/C3H6NO2P/c1-2(5)3(4)7-6/h4,6-7H,1H3. The zero-order valence-corrected chi connectivity index (χ0v) is 4.86. The number of carbonyl (C=O) groups excluding carboxylic acids is 1. The molecule has 0 spiro atoms. The van der Waals surface area contributed by atoms with Gasteiger partial charge in [0.05, 0.1) is 8.81 Å². The van der Waals surface area contributed by atoms with Gasteiger partial charge >= 0.3 is 0 Å². The highest BCUT2D eigenvalue weighted by Crippen LogP contribution is 2.02. The molecule has 0 heterocycles.